The van der Waals surface area contributed by atoms with Crippen LogP contribution in [0, 0.1) is 5.92 Å². The van der Waals surface area contributed by atoms with E-state index >= 15 is 0 Å². The van der Waals surface area contributed by atoms with Crippen molar-refractivity contribution in [1.29, 1.82) is 0 Å². The van der Waals surface area contributed by atoms with E-state index in [0.717, 1.165) is 0 Å². The molecule has 0 radical (unpaired) electrons. The van der Waals surface area contributed by atoms with Crippen LogP contribution in [0.15, 0.2) is 158 Å². The Bertz CT molecular complexity index is 2170. The summed E-state index contributed by atoms with van der Waals surface area (Å²) in [6.45, 7) is 2.38. The molecular weight excluding hydrogens is 579 g/mol. The van der Waals surface area contributed by atoms with Crippen LogP contribution in [0.5, 0.6) is 0 Å². The number of allylic oxidation sites excluding steroid dienone is 2. The lowest BCUT2D eigenvalue weighted by Crippen LogP contribution is -2.35. The van der Waals surface area contributed by atoms with Gasteiger partial charge in [0.2, 0.25) is 0 Å². The number of rotatable bonds is 5. The number of nitrogens with zero attached hydrogens (tertiary/aromatic N) is 1. The van der Waals surface area contributed by atoms with Gasteiger partial charge in [-0.25, -0.2) is 0 Å². The van der Waals surface area contributed by atoms with Crippen molar-refractivity contribution in [2.75, 3.05) is 4.90 Å². The second-order valence-corrected chi connectivity index (χ2v) is 14.1. The molecule has 9 rings (SSSR count). The van der Waals surface area contributed by atoms with E-state index in [1.807, 2.05) is 0 Å². The van der Waals surface area contributed by atoms with Crippen LogP contribution in [0.25, 0.3) is 38.6 Å². The van der Waals surface area contributed by atoms with Gasteiger partial charge in [0, 0.05) is 16.8 Å². The van der Waals surface area contributed by atoms with E-state index in [9.17, 15) is 0 Å². The van der Waals surface area contributed by atoms with Crippen molar-refractivity contribution in [3.05, 3.63) is 174 Å². The third kappa shape index (κ3) is 4.75. The van der Waals surface area contributed by atoms with E-state index in [1.165, 1.54) is 93.2 Å². The fourth-order valence-corrected chi connectivity index (χ4v) is 9.03. The Labute approximate surface area is 284 Å². The third-order valence-corrected chi connectivity index (χ3v) is 11.3. The predicted molar refractivity (Wildman–Crippen MR) is 204 cm³/mol. The van der Waals surface area contributed by atoms with Crippen LogP contribution in [0.1, 0.15) is 55.7 Å². The summed E-state index contributed by atoms with van der Waals surface area (Å²) in [5.74, 6) is 0.294. The largest absolute Gasteiger partial charge is 0.334 e. The standard InChI is InChI=1S/C47H41N/c1-33-31-37(41-19-12-16-36-15-6-7-17-40(36)41)23-28-46(33)48(38-24-21-35(22-25-38)34-13-4-2-5-14-34)39-26-27-45-43(32-39)42-18-8-9-20-44(42)47(45)29-10-3-11-30-47/h2,4-9,12-28,31-33,46H,3,10-11,29-30H2,1H3. The number of hydrogen-bond donors (Lipinski definition) is 0. The summed E-state index contributed by atoms with van der Waals surface area (Å²) in [5, 5.41) is 2.59. The first kappa shape index (κ1) is 29.0. The highest BCUT2D eigenvalue weighted by Gasteiger charge is 2.43. The lowest BCUT2D eigenvalue weighted by molar-refractivity contribution is 0.353. The van der Waals surface area contributed by atoms with Crippen molar-refractivity contribution in [2.24, 2.45) is 5.92 Å². The Morgan fingerprint density at radius 1 is 0.562 bits per heavy atom. The summed E-state index contributed by atoms with van der Waals surface area (Å²) in [6, 6.07) is 52.1. The van der Waals surface area contributed by atoms with Crippen molar-refractivity contribution >= 4 is 27.7 Å². The molecule has 6 aromatic rings. The van der Waals surface area contributed by atoms with Crippen LogP contribution in [0.3, 0.4) is 0 Å². The molecule has 3 aliphatic rings. The average molecular weight is 620 g/mol. The van der Waals surface area contributed by atoms with Crippen LogP contribution in [0.4, 0.5) is 11.4 Å². The molecule has 0 aromatic heterocycles. The van der Waals surface area contributed by atoms with Crippen molar-refractivity contribution < 1.29 is 0 Å². The van der Waals surface area contributed by atoms with Crippen LogP contribution < -0.4 is 4.90 Å². The molecule has 48 heavy (non-hydrogen) atoms. The summed E-state index contributed by atoms with van der Waals surface area (Å²) in [5.41, 5.74) is 13.7. The van der Waals surface area contributed by atoms with Gasteiger partial charge < -0.3 is 4.90 Å². The molecule has 0 heterocycles. The molecular formula is C47H41N. The molecule has 2 unspecified atom stereocenters. The van der Waals surface area contributed by atoms with E-state index in [-0.39, 0.29) is 11.5 Å². The third-order valence-electron chi connectivity index (χ3n) is 11.3. The Kier molecular flexibility index (Phi) is 7.16. The molecule has 0 amide bonds. The highest BCUT2D eigenvalue weighted by molar-refractivity contribution is 5.96. The summed E-state index contributed by atoms with van der Waals surface area (Å²) < 4.78 is 0. The first-order chi connectivity index (χ1) is 23.7. The first-order valence-electron chi connectivity index (χ1n) is 17.8. The SMILES string of the molecule is CC1C=C(c2cccc3ccccc23)C=CC1N(c1ccc(-c2ccccc2)cc1)c1ccc2c(c1)-c1ccccc1C21CCCCC1. The Morgan fingerprint density at radius 3 is 2.06 bits per heavy atom. The van der Waals surface area contributed by atoms with Gasteiger partial charge in [-0.15, -0.1) is 0 Å². The molecule has 3 aliphatic carbocycles. The second kappa shape index (κ2) is 11.8. The highest BCUT2D eigenvalue weighted by atomic mass is 15.2. The van der Waals surface area contributed by atoms with Crippen LogP contribution in [-0.4, -0.2) is 6.04 Å². The van der Waals surface area contributed by atoms with Gasteiger partial charge in [-0.3, -0.25) is 0 Å². The van der Waals surface area contributed by atoms with Crippen molar-refractivity contribution in [3.63, 3.8) is 0 Å². The summed E-state index contributed by atoms with van der Waals surface area (Å²) in [4.78, 5) is 2.58. The number of hydrogen-bond acceptors (Lipinski definition) is 1. The lowest BCUT2D eigenvalue weighted by Gasteiger charge is -2.38. The van der Waals surface area contributed by atoms with Gasteiger partial charge in [-0.1, -0.05) is 160 Å². The molecule has 0 bridgehead atoms. The Morgan fingerprint density at radius 2 is 1.23 bits per heavy atom. The quantitative estimate of drug-likeness (QED) is 0.186. The molecule has 234 valence electrons. The summed E-state index contributed by atoms with van der Waals surface area (Å²) in [7, 11) is 0. The molecule has 1 nitrogen and oxygen atoms in total. The molecule has 0 aliphatic heterocycles. The minimum atomic E-state index is 0.166. The highest BCUT2D eigenvalue weighted by Crippen LogP contribution is 2.56. The van der Waals surface area contributed by atoms with E-state index in [1.54, 1.807) is 5.56 Å². The van der Waals surface area contributed by atoms with Gasteiger partial charge in [0.1, 0.15) is 0 Å². The lowest BCUT2D eigenvalue weighted by atomic mass is 9.68. The zero-order valence-electron chi connectivity index (χ0n) is 27.6. The molecule has 1 heteroatoms. The molecule has 0 saturated heterocycles. The van der Waals surface area contributed by atoms with Crippen LogP contribution in [0.2, 0.25) is 0 Å². The molecule has 0 N–H and O–H groups in total. The van der Waals surface area contributed by atoms with Crippen molar-refractivity contribution in [3.8, 4) is 22.3 Å². The summed E-state index contributed by atoms with van der Waals surface area (Å²) >= 11 is 0. The van der Waals surface area contributed by atoms with Gasteiger partial charge in [0.05, 0.1) is 6.04 Å². The van der Waals surface area contributed by atoms with Crippen LogP contribution in [-0.2, 0) is 5.41 Å². The molecule has 1 fully saturated rings. The monoisotopic (exact) mass is 619 g/mol. The Balaban J connectivity index is 1.15. The number of fused-ring (bicyclic) bond motifs is 6. The van der Waals surface area contributed by atoms with Gasteiger partial charge in [-0.2, -0.15) is 0 Å². The van der Waals surface area contributed by atoms with E-state index in [0.29, 0.717) is 5.92 Å². The first-order valence-corrected chi connectivity index (χ1v) is 17.8. The van der Waals surface area contributed by atoms with Gasteiger partial charge in [0.25, 0.3) is 0 Å². The van der Waals surface area contributed by atoms with Crippen LogP contribution >= 0.6 is 0 Å². The van der Waals surface area contributed by atoms with Crippen molar-refractivity contribution in [1.82, 2.24) is 0 Å². The predicted octanol–water partition coefficient (Wildman–Crippen LogP) is 12.5. The number of anilines is 2. The zero-order valence-corrected chi connectivity index (χ0v) is 27.6. The van der Waals surface area contributed by atoms with Gasteiger partial charge in [-0.05, 0) is 98.3 Å². The van der Waals surface area contributed by atoms with E-state index in [2.05, 4.69) is 170 Å². The van der Waals surface area contributed by atoms with E-state index in [4.69, 9.17) is 0 Å². The summed E-state index contributed by atoms with van der Waals surface area (Å²) in [6.07, 6.45) is 13.8. The average Bonchev–Trinajstić information content (AvgIpc) is 3.41. The smallest absolute Gasteiger partial charge is 0.0585 e. The topological polar surface area (TPSA) is 3.24 Å². The second-order valence-electron chi connectivity index (χ2n) is 14.1. The molecule has 6 aromatic carbocycles. The minimum absolute atomic E-state index is 0.166. The fraction of sp³-hybridized carbons (Fsp3) is 0.191. The maximum absolute atomic E-state index is 2.58. The Hall–Kier alpha value is -5.14. The van der Waals surface area contributed by atoms with Gasteiger partial charge >= 0.3 is 0 Å². The normalized spacial score (nSPS) is 19.1. The van der Waals surface area contributed by atoms with Gasteiger partial charge in [0.15, 0.2) is 0 Å². The number of benzene rings is 6. The zero-order chi connectivity index (χ0) is 32.1. The van der Waals surface area contributed by atoms with Crippen molar-refractivity contribution in [2.45, 2.75) is 50.5 Å². The maximum atomic E-state index is 2.58. The molecule has 2 atom stereocenters. The maximum Gasteiger partial charge on any atom is 0.0585 e. The van der Waals surface area contributed by atoms with E-state index < -0.39 is 0 Å². The minimum Gasteiger partial charge on any atom is -0.334 e. The molecule has 1 saturated carbocycles. The fourth-order valence-electron chi connectivity index (χ4n) is 9.03. The molecule has 1 spiro atoms.